The second-order valence-corrected chi connectivity index (χ2v) is 4.62. The number of furan rings is 1. The summed E-state index contributed by atoms with van der Waals surface area (Å²) in [5, 5.41) is 0. The maximum atomic E-state index is 5.77. The smallest absolute Gasteiger partial charge is 0.241 e. The van der Waals surface area contributed by atoms with E-state index in [0.29, 0.717) is 18.4 Å². The van der Waals surface area contributed by atoms with Crippen LogP contribution in [0.3, 0.4) is 0 Å². The van der Waals surface area contributed by atoms with Crippen LogP contribution in [0.5, 0.6) is 0 Å². The average molecular weight is 285 g/mol. The first-order chi connectivity index (χ1) is 10.1. The van der Waals surface area contributed by atoms with Crippen LogP contribution in [0.1, 0.15) is 11.3 Å². The van der Waals surface area contributed by atoms with E-state index in [1.807, 2.05) is 24.9 Å². The molecule has 3 heterocycles. The Hall–Kier alpha value is -2.90. The molecule has 108 valence electrons. The fraction of sp³-hybridized carbons (Fsp3) is 0.231. The summed E-state index contributed by atoms with van der Waals surface area (Å²) < 4.78 is 6.97. The molecular formula is C13H15N7O. The standard InChI is InChI=1S/C13H15N7O/c1-9-10(3-6-21-9)7-19(2)12-16-11(14)17-13(18-12)20-5-4-15-8-20/h3-6,8H,7H2,1-2H3,(H2,14,16,17,18). The number of imidazole rings is 1. The third-order valence-corrected chi connectivity index (χ3v) is 3.08. The van der Waals surface area contributed by atoms with Crippen LogP contribution in [0.15, 0.2) is 35.5 Å². The minimum absolute atomic E-state index is 0.166. The van der Waals surface area contributed by atoms with Gasteiger partial charge in [-0.3, -0.25) is 4.57 Å². The molecule has 3 aromatic heterocycles. The highest BCUT2D eigenvalue weighted by Crippen LogP contribution is 2.16. The molecule has 0 aliphatic carbocycles. The van der Waals surface area contributed by atoms with Gasteiger partial charge in [-0.2, -0.15) is 15.0 Å². The Kier molecular flexibility index (Phi) is 3.27. The third-order valence-electron chi connectivity index (χ3n) is 3.08. The predicted octanol–water partition coefficient (Wildman–Crippen LogP) is 1.18. The minimum Gasteiger partial charge on any atom is -0.469 e. The molecular weight excluding hydrogens is 270 g/mol. The van der Waals surface area contributed by atoms with E-state index in [-0.39, 0.29) is 5.95 Å². The Morgan fingerprint density at radius 1 is 1.33 bits per heavy atom. The largest absolute Gasteiger partial charge is 0.469 e. The molecule has 0 fully saturated rings. The average Bonchev–Trinajstić information content (AvgIpc) is 3.11. The number of hydrogen-bond acceptors (Lipinski definition) is 7. The maximum absolute atomic E-state index is 5.77. The molecule has 3 aromatic rings. The van der Waals surface area contributed by atoms with Gasteiger partial charge in [0, 0.05) is 31.5 Å². The molecule has 0 spiro atoms. The normalized spacial score (nSPS) is 10.8. The van der Waals surface area contributed by atoms with Crippen molar-refractivity contribution >= 4 is 11.9 Å². The highest BCUT2D eigenvalue weighted by molar-refractivity contribution is 5.38. The van der Waals surface area contributed by atoms with Gasteiger partial charge in [-0.1, -0.05) is 0 Å². The molecule has 0 aromatic carbocycles. The van der Waals surface area contributed by atoms with Gasteiger partial charge in [-0.15, -0.1) is 0 Å². The maximum Gasteiger partial charge on any atom is 0.241 e. The van der Waals surface area contributed by atoms with Crippen LogP contribution in [-0.4, -0.2) is 31.6 Å². The van der Waals surface area contributed by atoms with Gasteiger partial charge in [0.1, 0.15) is 12.1 Å². The summed E-state index contributed by atoms with van der Waals surface area (Å²) in [7, 11) is 1.89. The zero-order chi connectivity index (χ0) is 14.8. The van der Waals surface area contributed by atoms with E-state index in [9.17, 15) is 0 Å². The lowest BCUT2D eigenvalue weighted by atomic mass is 10.2. The number of nitrogens with zero attached hydrogens (tertiary/aromatic N) is 6. The number of anilines is 2. The molecule has 0 amide bonds. The molecule has 0 aliphatic heterocycles. The third kappa shape index (κ3) is 2.69. The van der Waals surface area contributed by atoms with Crippen molar-refractivity contribution in [2.75, 3.05) is 17.7 Å². The lowest BCUT2D eigenvalue weighted by Crippen LogP contribution is -2.21. The first-order valence-electron chi connectivity index (χ1n) is 6.37. The van der Waals surface area contributed by atoms with Crippen molar-refractivity contribution in [1.82, 2.24) is 24.5 Å². The van der Waals surface area contributed by atoms with Gasteiger partial charge in [-0.05, 0) is 13.0 Å². The van der Waals surface area contributed by atoms with Crippen LogP contribution >= 0.6 is 0 Å². The monoisotopic (exact) mass is 285 g/mol. The SMILES string of the molecule is Cc1occc1CN(C)c1nc(N)nc(-n2ccnc2)n1. The van der Waals surface area contributed by atoms with Crippen molar-refractivity contribution in [1.29, 1.82) is 0 Å². The Morgan fingerprint density at radius 3 is 2.86 bits per heavy atom. The Morgan fingerprint density at radius 2 is 2.19 bits per heavy atom. The Labute approximate surface area is 121 Å². The highest BCUT2D eigenvalue weighted by Gasteiger charge is 2.12. The topological polar surface area (TPSA) is 98.9 Å². The quantitative estimate of drug-likeness (QED) is 0.768. The molecule has 8 nitrogen and oxygen atoms in total. The summed E-state index contributed by atoms with van der Waals surface area (Å²) in [5.74, 6) is 1.97. The van der Waals surface area contributed by atoms with E-state index in [1.54, 1.807) is 29.6 Å². The van der Waals surface area contributed by atoms with Gasteiger partial charge >= 0.3 is 0 Å². The summed E-state index contributed by atoms with van der Waals surface area (Å²) in [4.78, 5) is 18.5. The van der Waals surface area contributed by atoms with Gasteiger partial charge in [-0.25, -0.2) is 4.98 Å². The molecule has 0 saturated carbocycles. The second-order valence-electron chi connectivity index (χ2n) is 4.62. The molecule has 2 N–H and O–H groups in total. The van der Waals surface area contributed by atoms with E-state index in [2.05, 4.69) is 19.9 Å². The molecule has 0 atom stereocenters. The molecule has 8 heteroatoms. The fourth-order valence-corrected chi connectivity index (χ4v) is 1.93. The van der Waals surface area contributed by atoms with Crippen LogP contribution in [0.25, 0.3) is 5.95 Å². The van der Waals surface area contributed by atoms with Crippen molar-refractivity contribution in [2.24, 2.45) is 0 Å². The van der Waals surface area contributed by atoms with Gasteiger partial charge in [0.2, 0.25) is 17.8 Å². The Balaban J connectivity index is 1.89. The van der Waals surface area contributed by atoms with E-state index in [0.717, 1.165) is 11.3 Å². The summed E-state index contributed by atoms with van der Waals surface area (Å²) in [6, 6.07) is 1.92. The number of nitrogens with two attached hydrogens (primary N) is 1. The van der Waals surface area contributed by atoms with Crippen molar-refractivity contribution in [3.05, 3.63) is 42.4 Å². The fourth-order valence-electron chi connectivity index (χ4n) is 1.93. The second kappa shape index (κ2) is 5.23. The molecule has 3 rings (SSSR count). The van der Waals surface area contributed by atoms with E-state index >= 15 is 0 Å². The molecule has 0 saturated heterocycles. The number of rotatable bonds is 4. The number of aromatic nitrogens is 5. The van der Waals surface area contributed by atoms with Crippen molar-refractivity contribution in [2.45, 2.75) is 13.5 Å². The van der Waals surface area contributed by atoms with E-state index < -0.39 is 0 Å². The first-order valence-corrected chi connectivity index (χ1v) is 6.37. The van der Waals surface area contributed by atoms with Crippen LogP contribution < -0.4 is 10.6 Å². The predicted molar refractivity (Wildman–Crippen MR) is 76.9 cm³/mol. The Bertz CT molecular complexity index is 735. The van der Waals surface area contributed by atoms with E-state index in [4.69, 9.17) is 10.2 Å². The van der Waals surface area contributed by atoms with Crippen LogP contribution in [0.2, 0.25) is 0 Å². The van der Waals surface area contributed by atoms with Crippen LogP contribution in [0, 0.1) is 6.92 Å². The lowest BCUT2D eigenvalue weighted by molar-refractivity contribution is 0.529. The minimum atomic E-state index is 0.166. The lowest BCUT2D eigenvalue weighted by Gasteiger charge is -2.17. The van der Waals surface area contributed by atoms with Gasteiger partial charge in [0.05, 0.1) is 6.26 Å². The number of aryl methyl sites for hydroxylation is 1. The van der Waals surface area contributed by atoms with Gasteiger partial charge in [0.25, 0.3) is 0 Å². The number of nitrogen functional groups attached to an aromatic ring is 1. The highest BCUT2D eigenvalue weighted by atomic mass is 16.3. The van der Waals surface area contributed by atoms with Crippen LogP contribution in [-0.2, 0) is 6.54 Å². The zero-order valence-electron chi connectivity index (χ0n) is 11.8. The summed E-state index contributed by atoms with van der Waals surface area (Å²) >= 11 is 0. The van der Waals surface area contributed by atoms with Gasteiger partial charge < -0.3 is 15.1 Å². The van der Waals surface area contributed by atoms with Crippen LogP contribution in [0.4, 0.5) is 11.9 Å². The molecule has 0 aliphatic rings. The zero-order valence-corrected chi connectivity index (χ0v) is 11.8. The molecule has 0 unspecified atom stereocenters. The van der Waals surface area contributed by atoms with Crippen molar-refractivity contribution < 1.29 is 4.42 Å². The molecule has 21 heavy (non-hydrogen) atoms. The van der Waals surface area contributed by atoms with Crippen molar-refractivity contribution in [3.8, 4) is 5.95 Å². The number of hydrogen-bond donors (Lipinski definition) is 1. The summed E-state index contributed by atoms with van der Waals surface area (Å²) in [5.41, 5.74) is 6.84. The van der Waals surface area contributed by atoms with Gasteiger partial charge in [0.15, 0.2) is 0 Å². The molecule has 0 radical (unpaired) electrons. The van der Waals surface area contributed by atoms with E-state index in [1.165, 1.54) is 0 Å². The van der Waals surface area contributed by atoms with Crippen molar-refractivity contribution in [3.63, 3.8) is 0 Å². The molecule has 0 bridgehead atoms. The summed E-state index contributed by atoms with van der Waals surface area (Å²) in [6.45, 7) is 2.54. The first kappa shape index (κ1) is 13.1. The summed E-state index contributed by atoms with van der Waals surface area (Å²) in [6.07, 6.45) is 6.67.